The summed E-state index contributed by atoms with van der Waals surface area (Å²) in [6.45, 7) is 3.91. The first-order valence-corrected chi connectivity index (χ1v) is 9.38. The second kappa shape index (κ2) is 10.1. The Balaban J connectivity index is 1.55. The number of nitrogens with zero attached hydrogens (tertiary/aromatic N) is 3. The van der Waals surface area contributed by atoms with Crippen LogP contribution in [0.5, 0.6) is 11.5 Å². The molecule has 156 valence electrons. The van der Waals surface area contributed by atoms with Crippen molar-refractivity contribution in [3.05, 3.63) is 59.9 Å². The lowest BCUT2D eigenvalue weighted by atomic mass is 10.2. The maximum Gasteiger partial charge on any atom is 0.344 e. The van der Waals surface area contributed by atoms with E-state index in [1.54, 1.807) is 18.2 Å². The van der Waals surface area contributed by atoms with Crippen LogP contribution in [0.15, 0.2) is 48.5 Å². The van der Waals surface area contributed by atoms with Gasteiger partial charge in [0.1, 0.15) is 0 Å². The van der Waals surface area contributed by atoms with Gasteiger partial charge in [-0.05, 0) is 38.1 Å². The molecule has 0 spiro atoms. The number of hydrogen-bond acceptors (Lipinski definition) is 9. The number of rotatable bonds is 9. The van der Waals surface area contributed by atoms with E-state index in [1.807, 2.05) is 44.2 Å². The number of carbonyl (C=O) groups is 1. The number of aromatic nitrogens is 3. The molecule has 0 aliphatic rings. The molecule has 0 aliphatic carbocycles. The number of nitrogen functional groups attached to an aromatic ring is 1. The molecule has 2 aromatic carbocycles. The molecule has 0 aliphatic heterocycles. The molecule has 0 bridgehead atoms. The summed E-state index contributed by atoms with van der Waals surface area (Å²) < 4.78 is 16.1. The minimum atomic E-state index is -0.576. The molecular weight excluding hydrogens is 386 g/mol. The number of nitrogens with one attached hydrogen (secondary N) is 1. The molecule has 3 rings (SSSR count). The topological polar surface area (TPSA) is 121 Å². The number of aryl methyl sites for hydroxylation is 1. The fourth-order valence-electron chi connectivity index (χ4n) is 2.49. The van der Waals surface area contributed by atoms with Crippen molar-refractivity contribution in [1.82, 2.24) is 15.0 Å². The normalized spacial score (nSPS) is 10.3. The van der Waals surface area contributed by atoms with Gasteiger partial charge in [-0.15, -0.1) is 0 Å². The third-order valence-corrected chi connectivity index (χ3v) is 3.86. The number of carbonyl (C=O) groups excluding carboxylic acids is 1. The molecule has 0 atom stereocenters. The molecule has 9 heteroatoms. The van der Waals surface area contributed by atoms with Gasteiger partial charge in [-0.25, -0.2) is 4.79 Å². The molecule has 3 aromatic rings. The van der Waals surface area contributed by atoms with Crippen LogP contribution in [-0.4, -0.2) is 34.1 Å². The summed E-state index contributed by atoms with van der Waals surface area (Å²) in [7, 11) is 0. The summed E-state index contributed by atoms with van der Waals surface area (Å²) in [6, 6.07) is 14.8. The summed E-state index contributed by atoms with van der Waals surface area (Å²) in [4.78, 5) is 24.3. The molecule has 0 saturated carbocycles. The standard InChI is InChI=1S/C21H23N5O4/c1-3-28-16-6-4-5-7-17(16)29-13-19(27)30-12-18-24-20(22)26-21(25-18)23-15-10-8-14(2)9-11-15/h4-11H,3,12-13H2,1-2H3,(H3,22,23,24,25,26). The first-order valence-electron chi connectivity index (χ1n) is 9.38. The van der Waals surface area contributed by atoms with Gasteiger partial charge in [0, 0.05) is 5.69 Å². The molecule has 0 amide bonds. The number of nitrogens with two attached hydrogens (primary N) is 1. The maximum absolute atomic E-state index is 12.0. The first kappa shape index (κ1) is 20.8. The SMILES string of the molecule is CCOc1ccccc1OCC(=O)OCc1nc(N)nc(Nc2ccc(C)cc2)n1. The van der Waals surface area contributed by atoms with Crippen LogP contribution in [0.2, 0.25) is 0 Å². The quantitative estimate of drug-likeness (QED) is 0.514. The molecule has 9 nitrogen and oxygen atoms in total. The van der Waals surface area contributed by atoms with Crippen molar-refractivity contribution in [1.29, 1.82) is 0 Å². The zero-order valence-electron chi connectivity index (χ0n) is 16.8. The van der Waals surface area contributed by atoms with Crippen molar-refractivity contribution in [3.8, 4) is 11.5 Å². The first-order chi connectivity index (χ1) is 14.5. The van der Waals surface area contributed by atoms with Crippen LogP contribution >= 0.6 is 0 Å². The van der Waals surface area contributed by atoms with Crippen LogP contribution in [0.1, 0.15) is 18.3 Å². The van der Waals surface area contributed by atoms with E-state index in [1.165, 1.54) is 0 Å². The monoisotopic (exact) mass is 409 g/mol. The summed E-state index contributed by atoms with van der Waals surface area (Å²) in [5, 5.41) is 3.04. The fourth-order valence-corrected chi connectivity index (χ4v) is 2.49. The van der Waals surface area contributed by atoms with Crippen LogP contribution in [0.4, 0.5) is 17.6 Å². The summed E-state index contributed by atoms with van der Waals surface area (Å²) in [5.41, 5.74) is 7.68. The number of ether oxygens (including phenoxy) is 3. The van der Waals surface area contributed by atoms with Gasteiger partial charge in [0.2, 0.25) is 11.9 Å². The summed E-state index contributed by atoms with van der Waals surface area (Å²) >= 11 is 0. The number of anilines is 3. The zero-order valence-corrected chi connectivity index (χ0v) is 16.8. The highest BCUT2D eigenvalue weighted by atomic mass is 16.6. The van der Waals surface area contributed by atoms with E-state index in [2.05, 4.69) is 20.3 Å². The van der Waals surface area contributed by atoms with Crippen molar-refractivity contribution in [2.75, 3.05) is 24.3 Å². The predicted molar refractivity (Wildman–Crippen MR) is 112 cm³/mol. The van der Waals surface area contributed by atoms with Crippen LogP contribution < -0.4 is 20.5 Å². The Hall–Kier alpha value is -3.88. The lowest BCUT2D eigenvalue weighted by Gasteiger charge is -2.11. The summed E-state index contributed by atoms with van der Waals surface area (Å²) in [6.07, 6.45) is 0. The Morgan fingerprint density at radius 3 is 2.40 bits per heavy atom. The Kier molecular flexibility index (Phi) is 6.99. The molecule has 0 saturated heterocycles. The lowest BCUT2D eigenvalue weighted by molar-refractivity contribution is -0.147. The van der Waals surface area contributed by atoms with Crippen LogP contribution in [-0.2, 0) is 16.1 Å². The Bertz CT molecular complexity index is 995. The van der Waals surface area contributed by atoms with Gasteiger partial charge >= 0.3 is 5.97 Å². The lowest BCUT2D eigenvalue weighted by Crippen LogP contribution is -2.16. The molecule has 1 heterocycles. The van der Waals surface area contributed by atoms with E-state index < -0.39 is 5.97 Å². The van der Waals surface area contributed by atoms with E-state index >= 15 is 0 Å². The second-order valence-electron chi connectivity index (χ2n) is 6.25. The predicted octanol–water partition coefficient (Wildman–Crippen LogP) is 3.03. The van der Waals surface area contributed by atoms with E-state index in [-0.39, 0.29) is 30.9 Å². The highest BCUT2D eigenvalue weighted by Gasteiger charge is 2.11. The van der Waals surface area contributed by atoms with Crippen molar-refractivity contribution >= 4 is 23.6 Å². The van der Waals surface area contributed by atoms with Gasteiger partial charge in [-0.1, -0.05) is 29.8 Å². The van der Waals surface area contributed by atoms with E-state index in [0.717, 1.165) is 11.3 Å². The van der Waals surface area contributed by atoms with Crippen LogP contribution in [0, 0.1) is 6.92 Å². The largest absolute Gasteiger partial charge is 0.490 e. The van der Waals surface area contributed by atoms with Crippen molar-refractivity contribution < 1.29 is 19.0 Å². The minimum absolute atomic E-state index is 0.0209. The van der Waals surface area contributed by atoms with Gasteiger partial charge in [0.15, 0.2) is 30.5 Å². The third kappa shape index (κ3) is 6.06. The van der Waals surface area contributed by atoms with Gasteiger partial charge < -0.3 is 25.3 Å². The molecule has 1 aromatic heterocycles. The van der Waals surface area contributed by atoms with E-state index in [4.69, 9.17) is 19.9 Å². The number of hydrogen-bond donors (Lipinski definition) is 2. The van der Waals surface area contributed by atoms with Crippen molar-refractivity contribution in [3.63, 3.8) is 0 Å². The van der Waals surface area contributed by atoms with Crippen LogP contribution in [0.25, 0.3) is 0 Å². The highest BCUT2D eigenvalue weighted by Crippen LogP contribution is 2.26. The smallest absolute Gasteiger partial charge is 0.344 e. The van der Waals surface area contributed by atoms with Gasteiger partial charge in [0.05, 0.1) is 6.61 Å². The minimum Gasteiger partial charge on any atom is -0.490 e. The fraction of sp³-hybridized carbons (Fsp3) is 0.238. The third-order valence-electron chi connectivity index (χ3n) is 3.86. The number of esters is 1. The Morgan fingerprint density at radius 2 is 1.70 bits per heavy atom. The van der Waals surface area contributed by atoms with Crippen molar-refractivity contribution in [2.45, 2.75) is 20.5 Å². The summed E-state index contributed by atoms with van der Waals surface area (Å²) in [5.74, 6) is 0.954. The van der Waals surface area contributed by atoms with E-state index in [0.29, 0.717) is 18.1 Å². The highest BCUT2D eigenvalue weighted by molar-refractivity contribution is 5.71. The number of para-hydroxylation sites is 2. The van der Waals surface area contributed by atoms with E-state index in [9.17, 15) is 4.79 Å². The average molecular weight is 409 g/mol. The van der Waals surface area contributed by atoms with Gasteiger partial charge in [0.25, 0.3) is 0 Å². The molecule has 0 unspecified atom stereocenters. The molecular formula is C21H23N5O4. The molecule has 30 heavy (non-hydrogen) atoms. The zero-order chi connectivity index (χ0) is 21.3. The molecule has 0 fully saturated rings. The maximum atomic E-state index is 12.0. The molecule has 0 radical (unpaired) electrons. The van der Waals surface area contributed by atoms with Crippen LogP contribution in [0.3, 0.4) is 0 Å². The molecule has 3 N–H and O–H groups in total. The average Bonchev–Trinajstić information content (AvgIpc) is 2.73. The Labute approximate surface area is 174 Å². The Morgan fingerprint density at radius 1 is 1.00 bits per heavy atom. The number of benzene rings is 2. The second-order valence-corrected chi connectivity index (χ2v) is 6.25. The van der Waals surface area contributed by atoms with Gasteiger partial charge in [-0.2, -0.15) is 15.0 Å². The van der Waals surface area contributed by atoms with Crippen molar-refractivity contribution in [2.24, 2.45) is 0 Å². The van der Waals surface area contributed by atoms with Gasteiger partial charge in [-0.3, -0.25) is 0 Å².